The Hall–Kier alpha value is -3.10. The SMILES string of the molecule is COc1ccc(CCNC(=O)COC(=O)CCN2C(=O)NC3(CCCC3)C2=O)cc1. The van der Waals surface area contributed by atoms with Crippen LogP contribution in [0.15, 0.2) is 24.3 Å². The molecule has 0 atom stereocenters. The predicted octanol–water partition coefficient (Wildman–Crippen LogP) is 1.15. The maximum absolute atomic E-state index is 12.5. The molecule has 0 unspecified atom stereocenters. The topological polar surface area (TPSA) is 114 Å². The number of hydrogen-bond acceptors (Lipinski definition) is 6. The Morgan fingerprint density at radius 1 is 1.17 bits per heavy atom. The highest BCUT2D eigenvalue weighted by atomic mass is 16.5. The van der Waals surface area contributed by atoms with Crippen LogP contribution in [0.3, 0.4) is 0 Å². The normalized spacial score (nSPS) is 17.2. The van der Waals surface area contributed by atoms with Crippen LogP contribution in [0, 0.1) is 0 Å². The summed E-state index contributed by atoms with van der Waals surface area (Å²) in [6.45, 7) is -0.0386. The molecule has 1 aliphatic carbocycles. The van der Waals surface area contributed by atoms with Gasteiger partial charge in [-0.1, -0.05) is 25.0 Å². The van der Waals surface area contributed by atoms with Gasteiger partial charge in [-0.2, -0.15) is 0 Å². The minimum Gasteiger partial charge on any atom is -0.497 e. The summed E-state index contributed by atoms with van der Waals surface area (Å²) in [5.41, 5.74) is 0.256. The number of nitrogens with one attached hydrogen (secondary N) is 2. The van der Waals surface area contributed by atoms with Crippen LogP contribution in [0.1, 0.15) is 37.7 Å². The molecule has 162 valence electrons. The van der Waals surface area contributed by atoms with Gasteiger partial charge in [0.1, 0.15) is 11.3 Å². The van der Waals surface area contributed by atoms with Gasteiger partial charge in [0.2, 0.25) is 0 Å². The largest absolute Gasteiger partial charge is 0.497 e. The molecule has 2 fully saturated rings. The number of rotatable bonds is 9. The second kappa shape index (κ2) is 9.60. The van der Waals surface area contributed by atoms with E-state index in [9.17, 15) is 19.2 Å². The minimum absolute atomic E-state index is 0.0513. The molecule has 2 aliphatic rings. The van der Waals surface area contributed by atoms with Gasteiger partial charge in [-0.3, -0.25) is 19.3 Å². The Morgan fingerprint density at radius 3 is 2.53 bits per heavy atom. The standard InChI is InChI=1S/C21H27N3O6/c1-29-16-6-4-15(5-7-16)8-12-22-17(25)14-30-18(26)9-13-24-19(27)21(23-20(24)28)10-2-3-11-21/h4-7H,2-3,8-14H2,1H3,(H,22,25)(H,23,28). The molecule has 1 saturated carbocycles. The Bertz CT molecular complexity index is 801. The molecule has 9 heteroatoms. The molecule has 1 heterocycles. The van der Waals surface area contributed by atoms with Gasteiger partial charge >= 0.3 is 12.0 Å². The van der Waals surface area contributed by atoms with E-state index in [0.29, 0.717) is 25.8 Å². The summed E-state index contributed by atoms with van der Waals surface area (Å²) in [6, 6.07) is 7.05. The van der Waals surface area contributed by atoms with Crippen LogP contribution in [0.25, 0.3) is 0 Å². The van der Waals surface area contributed by atoms with E-state index in [1.807, 2.05) is 24.3 Å². The number of methoxy groups -OCH3 is 1. The maximum Gasteiger partial charge on any atom is 0.325 e. The van der Waals surface area contributed by atoms with Gasteiger partial charge in [-0.05, 0) is 37.0 Å². The highest BCUT2D eigenvalue weighted by Crippen LogP contribution is 2.35. The monoisotopic (exact) mass is 417 g/mol. The highest BCUT2D eigenvalue weighted by Gasteiger charge is 2.52. The molecule has 30 heavy (non-hydrogen) atoms. The van der Waals surface area contributed by atoms with E-state index in [4.69, 9.17) is 9.47 Å². The van der Waals surface area contributed by atoms with E-state index in [0.717, 1.165) is 29.1 Å². The van der Waals surface area contributed by atoms with Gasteiger partial charge in [0.25, 0.3) is 11.8 Å². The lowest BCUT2D eigenvalue weighted by molar-refractivity contribution is -0.149. The summed E-state index contributed by atoms with van der Waals surface area (Å²) < 4.78 is 10.0. The Labute approximate surface area is 175 Å². The van der Waals surface area contributed by atoms with E-state index in [1.165, 1.54) is 0 Å². The number of amides is 4. The van der Waals surface area contributed by atoms with Gasteiger partial charge in [0.15, 0.2) is 6.61 Å². The molecule has 1 aromatic rings. The summed E-state index contributed by atoms with van der Waals surface area (Å²) >= 11 is 0. The quantitative estimate of drug-likeness (QED) is 0.460. The smallest absolute Gasteiger partial charge is 0.325 e. The van der Waals surface area contributed by atoms with Crippen LogP contribution in [0.2, 0.25) is 0 Å². The van der Waals surface area contributed by atoms with Crippen molar-refractivity contribution in [1.82, 2.24) is 15.5 Å². The molecule has 1 aromatic carbocycles. The fourth-order valence-electron chi connectivity index (χ4n) is 3.81. The third kappa shape index (κ3) is 5.08. The molecular formula is C21H27N3O6. The zero-order valence-corrected chi connectivity index (χ0v) is 17.1. The second-order valence-corrected chi connectivity index (χ2v) is 7.53. The van der Waals surface area contributed by atoms with Crippen LogP contribution in [-0.2, 0) is 25.5 Å². The molecule has 1 spiro atoms. The van der Waals surface area contributed by atoms with Gasteiger partial charge in [-0.25, -0.2) is 4.79 Å². The first-order valence-corrected chi connectivity index (χ1v) is 10.1. The summed E-state index contributed by atoms with van der Waals surface area (Å²) in [7, 11) is 1.60. The first-order valence-electron chi connectivity index (χ1n) is 10.1. The molecule has 2 N–H and O–H groups in total. The van der Waals surface area contributed by atoms with E-state index >= 15 is 0 Å². The Balaban J connectivity index is 1.32. The van der Waals surface area contributed by atoms with Gasteiger partial charge < -0.3 is 20.1 Å². The first kappa shape index (κ1) is 21.6. The van der Waals surface area contributed by atoms with Crippen molar-refractivity contribution in [3.8, 4) is 5.75 Å². The van der Waals surface area contributed by atoms with Gasteiger partial charge in [0, 0.05) is 13.1 Å². The number of benzene rings is 1. The fourth-order valence-corrected chi connectivity index (χ4v) is 3.81. The molecule has 4 amide bonds. The maximum atomic E-state index is 12.5. The first-order chi connectivity index (χ1) is 14.4. The molecular weight excluding hydrogens is 390 g/mol. The molecule has 9 nitrogen and oxygen atoms in total. The molecule has 0 bridgehead atoms. The molecule has 0 radical (unpaired) electrons. The number of urea groups is 1. The lowest BCUT2D eigenvalue weighted by Gasteiger charge is -2.19. The van der Waals surface area contributed by atoms with Crippen LogP contribution < -0.4 is 15.4 Å². The van der Waals surface area contributed by atoms with Crippen LogP contribution in [0.4, 0.5) is 4.79 Å². The molecule has 3 rings (SSSR count). The number of esters is 1. The minimum atomic E-state index is -0.787. The lowest BCUT2D eigenvalue weighted by atomic mass is 9.98. The van der Waals surface area contributed by atoms with E-state index in [2.05, 4.69) is 10.6 Å². The number of ether oxygens (including phenoxy) is 2. The fraction of sp³-hybridized carbons (Fsp3) is 0.524. The zero-order valence-electron chi connectivity index (χ0n) is 17.1. The second-order valence-electron chi connectivity index (χ2n) is 7.53. The van der Waals surface area contributed by atoms with Crippen molar-refractivity contribution in [3.05, 3.63) is 29.8 Å². The van der Waals surface area contributed by atoms with Crippen LogP contribution >= 0.6 is 0 Å². The number of imide groups is 1. The summed E-state index contributed by atoms with van der Waals surface area (Å²) in [4.78, 5) is 49.4. The summed E-state index contributed by atoms with van der Waals surface area (Å²) in [5.74, 6) is -0.541. The van der Waals surface area contributed by atoms with Crippen molar-refractivity contribution in [1.29, 1.82) is 0 Å². The summed E-state index contributed by atoms with van der Waals surface area (Å²) in [6.07, 6.45) is 3.56. The predicted molar refractivity (Wildman–Crippen MR) is 107 cm³/mol. The third-order valence-corrected chi connectivity index (χ3v) is 5.50. The Kier molecular flexibility index (Phi) is 6.91. The number of carbonyl (C=O) groups excluding carboxylic acids is 4. The van der Waals surface area contributed by atoms with Crippen molar-refractivity contribution in [2.45, 2.75) is 44.1 Å². The number of nitrogens with zero attached hydrogens (tertiary/aromatic N) is 1. The number of carbonyl (C=O) groups is 4. The van der Waals surface area contributed by atoms with Crippen molar-refractivity contribution in [2.75, 3.05) is 26.8 Å². The van der Waals surface area contributed by atoms with Gasteiger partial charge in [-0.15, -0.1) is 0 Å². The van der Waals surface area contributed by atoms with E-state index < -0.39 is 30.1 Å². The average Bonchev–Trinajstić information content (AvgIpc) is 3.30. The van der Waals surface area contributed by atoms with Crippen LogP contribution in [-0.4, -0.2) is 61.1 Å². The summed E-state index contributed by atoms with van der Waals surface area (Å²) in [5, 5.41) is 5.44. The van der Waals surface area contributed by atoms with Crippen molar-refractivity contribution in [3.63, 3.8) is 0 Å². The van der Waals surface area contributed by atoms with E-state index in [1.54, 1.807) is 7.11 Å². The molecule has 1 aliphatic heterocycles. The van der Waals surface area contributed by atoms with E-state index in [-0.39, 0.29) is 18.9 Å². The van der Waals surface area contributed by atoms with Crippen molar-refractivity contribution >= 4 is 23.8 Å². The highest BCUT2D eigenvalue weighted by molar-refractivity contribution is 6.07. The average molecular weight is 417 g/mol. The third-order valence-electron chi connectivity index (χ3n) is 5.50. The van der Waals surface area contributed by atoms with Crippen molar-refractivity contribution < 1.29 is 28.7 Å². The Morgan fingerprint density at radius 2 is 1.87 bits per heavy atom. The lowest BCUT2D eigenvalue weighted by Crippen LogP contribution is -2.44. The molecule has 0 aromatic heterocycles. The van der Waals surface area contributed by atoms with Gasteiger partial charge in [0.05, 0.1) is 13.5 Å². The van der Waals surface area contributed by atoms with Crippen molar-refractivity contribution in [2.24, 2.45) is 0 Å². The zero-order chi connectivity index (χ0) is 21.6. The van der Waals surface area contributed by atoms with Crippen LogP contribution in [0.5, 0.6) is 5.75 Å². The number of hydrogen-bond donors (Lipinski definition) is 2. The molecule has 1 saturated heterocycles.